The van der Waals surface area contributed by atoms with Crippen molar-refractivity contribution in [2.45, 2.75) is 25.8 Å². The van der Waals surface area contributed by atoms with E-state index < -0.39 is 17.7 Å². The normalized spacial score (nSPS) is 12.9. The predicted molar refractivity (Wildman–Crippen MR) is 56.3 cm³/mol. The van der Waals surface area contributed by atoms with Gasteiger partial charge in [-0.25, -0.2) is 8.78 Å². The smallest absolute Gasteiger partial charge is 0.133 e. The van der Waals surface area contributed by atoms with Crippen molar-refractivity contribution >= 4 is 0 Å². The predicted octanol–water partition coefficient (Wildman–Crippen LogP) is 2.01. The van der Waals surface area contributed by atoms with Crippen molar-refractivity contribution in [2.75, 3.05) is 6.54 Å². The highest BCUT2D eigenvalue weighted by Crippen LogP contribution is 2.24. The van der Waals surface area contributed by atoms with E-state index in [9.17, 15) is 8.78 Å². The zero-order valence-electron chi connectivity index (χ0n) is 8.76. The first-order valence-electron chi connectivity index (χ1n) is 4.98. The van der Waals surface area contributed by atoms with E-state index in [-0.39, 0.29) is 5.56 Å². The molecule has 4 N–H and O–H groups in total. The van der Waals surface area contributed by atoms with Crippen LogP contribution in [0.1, 0.15) is 30.0 Å². The Balaban J connectivity index is 2.96. The lowest BCUT2D eigenvalue weighted by atomic mass is 9.99. The fourth-order valence-corrected chi connectivity index (χ4v) is 1.50. The molecule has 1 aromatic carbocycles. The minimum absolute atomic E-state index is 0.0246. The Morgan fingerprint density at radius 2 is 2.00 bits per heavy atom. The quantitative estimate of drug-likeness (QED) is 0.805. The molecule has 0 spiro atoms. The first-order valence-corrected chi connectivity index (χ1v) is 4.98. The van der Waals surface area contributed by atoms with Crippen LogP contribution in [0.5, 0.6) is 0 Å². The molecule has 0 saturated carbocycles. The van der Waals surface area contributed by atoms with Crippen LogP contribution in [-0.4, -0.2) is 6.54 Å². The number of nitrogens with two attached hydrogens (primary N) is 2. The minimum Gasteiger partial charge on any atom is -0.330 e. The van der Waals surface area contributed by atoms with Gasteiger partial charge in [0.05, 0.1) is 0 Å². The van der Waals surface area contributed by atoms with Crippen LogP contribution in [0.4, 0.5) is 8.78 Å². The lowest BCUT2D eigenvalue weighted by molar-refractivity contribution is 0.502. The van der Waals surface area contributed by atoms with Crippen LogP contribution in [0.25, 0.3) is 0 Å². The summed E-state index contributed by atoms with van der Waals surface area (Å²) in [4.78, 5) is 0. The van der Waals surface area contributed by atoms with Crippen LogP contribution in [-0.2, 0) is 0 Å². The fraction of sp³-hybridized carbons (Fsp3) is 0.455. The Bertz CT molecular complexity index is 340. The van der Waals surface area contributed by atoms with Crippen molar-refractivity contribution < 1.29 is 8.78 Å². The third kappa shape index (κ3) is 2.73. The maximum atomic E-state index is 13.6. The lowest BCUT2D eigenvalue weighted by Gasteiger charge is -2.14. The van der Waals surface area contributed by atoms with Crippen molar-refractivity contribution in [1.29, 1.82) is 0 Å². The summed E-state index contributed by atoms with van der Waals surface area (Å²) in [7, 11) is 0. The van der Waals surface area contributed by atoms with Crippen molar-refractivity contribution in [2.24, 2.45) is 11.5 Å². The summed E-state index contributed by atoms with van der Waals surface area (Å²) in [6, 6.07) is 2.04. The summed E-state index contributed by atoms with van der Waals surface area (Å²) in [5.41, 5.74) is 11.4. The monoisotopic (exact) mass is 214 g/mol. The standard InChI is InChI=1S/C11H16F2N2/c1-7-4-5-8(12)10(11(7)13)9(15)3-2-6-14/h4-5,9H,2-3,6,14-15H2,1H3/t9-/m0/s1. The van der Waals surface area contributed by atoms with Crippen LogP contribution in [0.2, 0.25) is 0 Å². The second-order valence-corrected chi connectivity index (χ2v) is 3.63. The van der Waals surface area contributed by atoms with Crippen LogP contribution in [0.15, 0.2) is 12.1 Å². The number of aryl methyl sites for hydroxylation is 1. The molecule has 0 bridgehead atoms. The van der Waals surface area contributed by atoms with Gasteiger partial charge in [-0.15, -0.1) is 0 Å². The number of benzene rings is 1. The highest BCUT2D eigenvalue weighted by Gasteiger charge is 2.17. The third-order valence-electron chi connectivity index (χ3n) is 2.41. The Kier molecular flexibility index (Phi) is 4.17. The van der Waals surface area contributed by atoms with Gasteiger partial charge in [0.25, 0.3) is 0 Å². The summed E-state index contributed by atoms with van der Waals surface area (Å²) in [5, 5.41) is 0. The zero-order chi connectivity index (χ0) is 11.4. The van der Waals surface area contributed by atoms with Gasteiger partial charge in [-0.1, -0.05) is 6.07 Å². The molecule has 1 aromatic rings. The molecular formula is C11H16F2N2. The van der Waals surface area contributed by atoms with E-state index in [1.165, 1.54) is 12.1 Å². The van der Waals surface area contributed by atoms with Crippen molar-refractivity contribution in [1.82, 2.24) is 0 Å². The van der Waals surface area contributed by atoms with E-state index in [1.807, 2.05) is 0 Å². The number of hydrogen-bond donors (Lipinski definition) is 2. The molecule has 0 saturated heterocycles. The molecule has 2 nitrogen and oxygen atoms in total. The highest BCUT2D eigenvalue weighted by molar-refractivity contribution is 5.28. The molecule has 1 atom stereocenters. The summed E-state index contributed by atoms with van der Waals surface area (Å²) in [5.74, 6) is -1.12. The van der Waals surface area contributed by atoms with Crippen molar-refractivity contribution in [3.05, 3.63) is 34.9 Å². The van der Waals surface area contributed by atoms with Gasteiger partial charge < -0.3 is 11.5 Å². The minimum atomic E-state index is -0.617. The van der Waals surface area contributed by atoms with E-state index in [0.29, 0.717) is 24.9 Å². The molecule has 0 aliphatic heterocycles. The Morgan fingerprint density at radius 1 is 1.33 bits per heavy atom. The number of halogens is 2. The summed E-state index contributed by atoms with van der Waals surface area (Å²) >= 11 is 0. The molecule has 0 amide bonds. The Morgan fingerprint density at radius 3 is 2.60 bits per heavy atom. The largest absolute Gasteiger partial charge is 0.330 e. The molecule has 4 heteroatoms. The average molecular weight is 214 g/mol. The van der Waals surface area contributed by atoms with Gasteiger partial charge >= 0.3 is 0 Å². The fourth-order valence-electron chi connectivity index (χ4n) is 1.50. The number of rotatable bonds is 4. The second kappa shape index (κ2) is 5.19. The van der Waals surface area contributed by atoms with E-state index in [2.05, 4.69) is 0 Å². The molecule has 15 heavy (non-hydrogen) atoms. The van der Waals surface area contributed by atoms with Gasteiger partial charge in [-0.2, -0.15) is 0 Å². The maximum Gasteiger partial charge on any atom is 0.133 e. The topological polar surface area (TPSA) is 52.0 Å². The van der Waals surface area contributed by atoms with Crippen LogP contribution < -0.4 is 11.5 Å². The summed E-state index contributed by atoms with van der Waals surface area (Å²) in [6.07, 6.45) is 1.15. The molecule has 0 aliphatic carbocycles. The average Bonchev–Trinajstić information content (AvgIpc) is 2.21. The van der Waals surface area contributed by atoms with E-state index in [0.717, 1.165) is 0 Å². The molecule has 0 aliphatic rings. The second-order valence-electron chi connectivity index (χ2n) is 3.63. The first kappa shape index (κ1) is 12.1. The van der Waals surface area contributed by atoms with Crippen molar-refractivity contribution in [3.63, 3.8) is 0 Å². The Labute approximate surface area is 88.3 Å². The van der Waals surface area contributed by atoms with E-state index in [1.54, 1.807) is 6.92 Å². The van der Waals surface area contributed by atoms with Crippen LogP contribution in [0.3, 0.4) is 0 Å². The van der Waals surface area contributed by atoms with Gasteiger partial charge in [-0.05, 0) is 37.9 Å². The zero-order valence-corrected chi connectivity index (χ0v) is 8.76. The van der Waals surface area contributed by atoms with Gasteiger partial charge in [0, 0.05) is 11.6 Å². The Hall–Kier alpha value is -1.00. The van der Waals surface area contributed by atoms with E-state index >= 15 is 0 Å². The lowest BCUT2D eigenvalue weighted by Crippen LogP contribution is -2.16. The van der Waals surface area contributed by atoms with Gasteiger partial charge in [0.1, 0.15) is 11.6 Å². The molecule has 0 aromatic heterocycles. The molecular weight excluding hydrogens is 198 g/mol. The molecule has 84 valence electrons. The molecule has 0 unspecified atom stereocenters. The molecule has 0 radical (unpaired) electrons. The van der Waals surface area contributed by atoms with Gasteiger partial charge in [-0.3, -0.25) is 0 Å². The molecule has 0 fully saturated rings. The van der Waals surface area contributed by atoms with Gasteiger partial charge in [0.15, 0.2) is 0 Å². The molecule has 0 heterocycles. The SMILES string of the molecule is Cc1ccc(F)c([C@@H](N)CCCN)c1F. The summed E-state index contributed by atoms with van der Waals surface area (Å²) in [6.45, 7) is 2.07. The van der Waals surface area contributed by atoms with Crippen LogP contribution >= 0.6 is 0 Å². The number of hydrogen-bond acceptors (Lipinski definition) is 2. The van der Waals surface area contributed by atoms with Gasteiger partial charge in [0.2, 0.25) is 0 Å². The van der Waals surface area contributed by atoms with E-state index in [4.69, 9.17) is 11.5 Å². The van der Waals surface area contributed by atoms with Crippen LogP contribution in [0, 0.1) is 18.6 Å². The van der Waals surface area contributed by atoms with Crippen molar-refractivity contribution in [3.8, 4) is 0 Å². The first-order chi connectivity index (χ1) is 7.07. The molecule has 1 rings (SSSR count). The highest BCUT2D eigenvalue weighted by atomic mass is 19.1. The summed E-state index contributed by atoms with van der Waals surface area (Å²) < 4.78 is 26.9. The maximum absolute atomic E-state index is 13.6. The third-order valence-corrected chi connectivity index (χ3v) is 2.41.